The first-order valence-electron chi connectivity index (χ1n) is 12.1. The molecule has 1 amide bonds. The molecule has 0 aliphatic rings. The number of benzene rings is 2. The van der Waals surface area contributed by atoms with Crippen LogP contribution < -0.4 is 19.5 Å². The van der Waals surface area contributed by atoms with Gasteiger partial charge in [-0.25, -0.2) is 0 Å². The Kier molecular flexibility index (Phi) is 10.4. The van der Waals surface area contributed by atoms with E-state index in [1.807, 2.05) is 32.0 Å². The number of nitriles is 1. The van der Waals surface area contributed by atoms with Gasteiger partial charge in [-0.3, -0.25) is 9.59 Å². The Morgan fingerprint density at radius 2 is 1.87 bits per heavy atom. The van der Waals surface area contributed by atoms with Crippen LogP contribution in [0.4, 0.5) is 0 Å². The average Bonchev–Trinajstić information content (AvgIpc) is 3.42. The van der Waals surface area contributed by atoms with Gasteiger partial charge in [-0.1, -0.05) is 17.7 Å². The summed E-state index contributed by atoms with van der Waals surface area (Å²) in [6.07, 6.45) is 3.54. The minimum absolute atomic E-state index is 0.0881. The zero-order valence-corrected chi connectivity index (χ0v) is 22.3. The molecular weight excluding hydrogens is 508 g/mol. The molecule has 0 unspecified atom stereocenters. The van der Waals surface area contributed by atoms with Gasteiger partial charge in [0.1, 0.15) is 23.2 Å². The summed E-state index contributed by atoms with van der Waals surface area (Å²) in [6.45, 7) is 6.46. The minimum Gasteiger partial charge on any atom is -0.494 e. The van der Waals surface area contributed by atoms with E-state index in [2.05, 4.69) is 5.32 Å². The standard InChI is InChI=1S/C29H29ClN2O6/c1-4-35-26-16-21(15-22(17-31)29(34)32-18-23-7-5-11-36-23)9-10-25(26)38-27(33)8-6-12-37-24-13-19(2)28(30)20(3)14-24/h5,7,9-11,13-16H,4,6,8,12,18H2,1-3H3,(H,32,34)/b22-15+. The number of carbonyl (C=O) groups is 2. The van der Waals surface area contributed by atoms with Crippen LogP contribution in [-0.4, -0.2) is 25.1 Å². The molecule has 0 aliphatic carbocycles. The first kappa shape index (κ1) is 28.4. The summed E-state index contributed by atoms with van der Waals surface area (Å²) in [6, 6.07) is 13.9. The van der Waals surface area contributed by atoms with E-state index < -0.39 is 11.9 Å². The molecular formula is C29H29ClN2O6. The van der Waals surface area contributed by atoms with E-state index in [9.17, 15) is 14.9 Å². The lowest BCUT2D eigenvalue weighted by Gasteiger charge is -2.12. The average molecular weight is 537 g/mol. The van der Waals surface area contributed by atoms with Crippen molar-refractivity contribution in [1.29, 1.82) is 5.26 Å². The molecule has 198 valence electrons. The zero-order chi connectivity index (χ0) is 27.5. The first-order chi connectivity index (χ1) is 18.3. The molecule has 1 aromatic heterocycles. The van der Waals surface area contributed by atoms with Crippen LogP contribution in [-0.2, 0) is 16.1 Å². The second kappa shape index (κ2) is 13.9. The fourth-order valence-electron chi connectivity index (χ4n) is 3.53. The maximum absolute atomic E-state index is 12.4. The van der Waals surface area contributed by atoms with Crippen molar-refractivity contribution in [2.24, 2.45) is 0 Å². The summed E-state index contributed by atoms with van der Waals surface area (Å²) in [5.41, 5.74) is 2.31. The molecule has 9 heteroatoms. The SMILES string of the molecule is CCOc1cc(/C=C(\C#N)C(=O)NCc2ccco2)ccc1OC(=O)CCCOc1cc(C)c(Cl)c(C)c1. The van der Waals surface area contributed by atoms with Gasteiger partial charge in [-0.15, -0.1) is 0 Å². The Bertz CT molecular complexity index is 1320. The number of amides is 1. The highest BCUT2D eigenvalue weighted by Gasteiger charge is 2.14. The van der Waals surface area contributed by atoms with E-state index in [0.717, 1.165) is 11.1 Å². The van der Waals surface area contributed by atoms with E-state index in [-0.39, 0.29) is 24.3 Å². The van der Waals surface area contributed by atoms with E-state index in [0.29, 0.717) is 47.5 Å². The summed E-state index contributed by atoms with van der Waals surface area (Å²) in [7, 11) is 0. The highest BCUT2D eigenvalue weighted by molar-refractivity contribution is 6.32. The number of aryl methyl sites for hydroxylation is 2. The van der Waals surface area contributed by atoms with Gasteiger partial charge in [0, 0.05) is 11.4 Å². The van der Waals surface area contributed by atoms with E-state index in [1.54, 1.807) is 37.3 Å². The van der Waals surface area contributed by atoms with Crippen molar-refractivity contribution in [3.05, 3.63) is 81.8 Å². The number of furan rings is 1. The van der Waals surface area contributed by atoms with Crippen molar-refractivity contribution in [1.82, 2.24) is 5.32 Å². The summed E-state index contributed by atoms with van der Waals surface area (Å²) in [4.78, 5) is 24.8. The van der Waals surface area contributed by atoms with Gasteiger partial charge in [0.15, 0.2) is 11.5 Å². The van der Waals surface area contributed by atoms with Gasteiger partial charge in [0.2, 0.25) is 0 Å². The topological polar surface area (TPSA) is 111 Å². The normalized spacial score (nSPS) is 11.0. The number of nitrogens with zero attached hydrogens (tertiary/aromatic N) is 1. The number of hydrogen-bond donors (Lipinski definition) is 1. The van der Waals surface area contributed by atoms with Crippen molar-refractivity contribution < 1.29 is 28.2 Å². The summed E-state index contributed by atoms with van der Waals surface area (Å²) < 4.78 is 22.1. The van der Waals surface area contributed by atoms with Gasteiger partial charge >= 0.3 is 5.97 Å². The largest absolute Gasteiger partial charge is 0.494 e. The van der Waals surface area contributed by atoms with Crippen molar-refractivity contribution >= 4 is 29.6 Å². The van der Waals surface area contributed by atoms with Crippen molar-refractivity contribution in [2.75, 3.05) is 13.2 Å². The Morgan fingerprint density at radius 1 is 1.11 bits per heavy atom. The van der Waals surface area contributed by atoms with Crippen molar-refractivity contribution in [3.63, 3.8) is 0 Å². The first-order valence-corrected chi connectivity index (χ1v) is 12.5. The molecule has 3 aromatic rings. The third-order valence-electron chi connectivity index (χ3n) is 5.37. The number of nitrogens with one attached hydrogen (secondary N) is 1. The molecule has 8 nitrogen and oxygen atoms in total. The Labute approximate surface area is 226 Å². The lowest BCUT2D eigenvalue weighted by molar-refractivity contribution is -0.134. The Morgan fingerprint density at radius 3 is 2.53 bits per heavy atom. The summed E-state index contributed by atoms with van der Waals surface area (Å²) in [5.74, 6) is 0.874. The number of esters is 1. The van der Waals surface area contributed by atoms with Crippen LogP contribution in [0, 0.1) is 25.2 Å². The van der Waals surface area contributed by atoms with E-state index in [1.165, 1.54) is 12.3 Å². The fraction of sp³-hybridized carbons (Fsp3) is 0.276. The maximum Gasteiger partial charge on any atom is 0.311 e. The van der Waals surface area contributed by atoms with E-state index in [4.69, 9.17) is 30.2 Å². The maximum atomic E-state index is 12.4. The molecule has 2 aromatic carbocycles. The summed E-state index contributed by atoms with van der Waals surface area (Å²) in [5, 5.41) is 12.8. The zero-order valence-electron chi connectivity index (χ0n) is 21.5. The second-order valence-corrected chi connectivity index (χ2v) is 8.75. The Hall–Kier alpha value is -4.22. The quantitative estimate of drug-likeness (QED) is 0.100. The molecule has 0 atom stereocenters. The molecule has 0 radical (unpaired) electrons. The predicted octanol–water partition coefficient (Wildman–Crippen LogP) is 5.94. The summed E-state index contributed by atoms with van der Waals surface area (Å²) >= 11 is 6.19. The van der Waals surface area contributed by atoms with Crippen LogP contribution in [0.15, 0.2) is 58.7 Å². The van der Waals surface area contributed by atoms with Crippen LogP contribution in [0.5, 0.6) is 17.2 Å². The number of carbonyl (C=O) groups excluding carboxylic acids is 2. The lowest BCUT2D eigenvalue weighted by atomic mass is 10.1. The van der Waals surface area contributed by atoms with Crippen molar-refractivity contribution in [3.8, 4) is 23.3 Å². The van der Waals surface area contributed by atoms with Gasteiger partial charge in [-0.05, 0) is 86.4 Å². The predicted molar refractivity (Wildman–Crippen MR) is 143 cm³/mol. The molecule has 0 fully saturated rings. The molecule has 0 aliphatic heterocycles. The molecule has 1 N–H and O–H groups in total. The minimum atomic E-state index is -0.538. The number of ether oxygens (including phenoxy) is 3. The highest BCUT2D eigenvalue weighted by atomic mass is 35.5. The number of rotatable bonds is 12. The van der Waals surface area contributed by atoms with Crippen LogP contribution in [0.3, 0.4) is 0 Å². The number of halogens is 1. The Balaban J connectivity index is 1.58. The molecule has 1 heterocycles. The van der Waals surface area contributed by atoms with Crippen molar-refractivity contribution in [2.45, 2.75) is 40.2 Å². The molecule has 0 spiro atoms. The highest BCUT2D eigenvalue weighted by Crippen LogP contribution is 2.30. The lowest BCUT2D eigenvalue weighted by Crippen LogP contribution is -2.23. The third-order valence-corrected chi connectivity index (χ3v) is 5.97. The molecule has 38 heavy (non-hydrogen) atoms. The molecule has 0 bridgehead atoms. The van der Waals surface area contributed by atoms with Crippen LogP contribution in [0.25, 0.3) is 6.08 Å². The number of hydrogen-bond acceptors (Lipinski definition) is 7. The molecule has 3 rings (SSSR count). The van der Waals surface area contributed by atoms with Gasteiger partial charge in [-0.2, -0.15) is 5.26 Å². The fourth-order valence-corrected chi connectivity index (χ4v) is 3.64. The molecule has 0 saturated heterocycles. The van der Waals surface area contributed by atoms with Crippen LogP contribution >= 0.6 is 11.6 Å². The molecule has 0 saturated carbocycles. The second-order valence-electron chi connectivity index (χ2n) is 8.37. The smallest absolute Gasteiger partial charge is 0.311 e. The monoisotopic (exact) mass is 536 g/mol. The van der Waals surface area contributed by atoms with Crippen LogP contribution in [0.1, 0.15) is 42.2 Å². The third kappa shape index (κ3) is 8.15. The van der Waals surface area contributed by atoms with Gasteiger partial charge in [0.05, 0.1) is 26.0 Å². The van der Waals surface area contributed by atoms with Gasteiger partial charge < -0.3 is 23.9 Å². The van der Waals surface area contributed by atoms with E-state index >= 15 is 0 Å². The van der Waals surface area contributed by atoms with Crippen LogP contribution in [0.2, 0.25) is 5.02 Å². The van der Waals surface area contributed by atoms with Gasteiger partial charge in [0.25, 0.3) is 5.91 Å².